The van der Waals surface area contributed by atoms with Gasteiger partial charge in [0.1, 0.15) is 5.69 Å². The van der Waals surface area contributed by atoms with Gasteiger partial charge < -0.3 is 0 Å². The zero-order valence-electron chi connectivity index (χ0n) is 6.37. The summed E-state index contributed by atoms with van der Waals surface area (Å²) in [6.07, 6.45) is 0. The Kier molecular flexibility index (Phi) is 2.76. The molecular formula is C8H4Br2N2S. The Hall–Kier alpha value is -0.260. The number of halogens is 2. The third-order valence-corrected chi connectivity index (χ3v) is 2.94. The van der Waals surface area contributed by atoms with Gasteiger partial charge in [-0.3, -0.25) is 0 Å². The van der Waals surface area contributed by atoms with Crippen LogP contribution in [0.5, 0.6) is 0 Å². The standard InChI is InChI=1S/C8H4Br2N2S/c9-6-1-5(2-7(10)3-6)8-4-13-12-11-8/h1-4H. The maximum Gasteiger partial charge on any atom is 0.105 e. The van der Waals surface area contributed by atoms with Crippen molar-refractivity contribution in [3.63, 3.8) is 0 Å². The molecule has 2 rings (SSSR count). The zero-order chi connectivity index (χ0) is 9.26. The van der Waals surface area contributed by atoms with Gasteiger partial charge in [0.15, 0.2) is 0 Å². The summed E-state index contributed by atoms with van der Waals surface area (Å²) in [5, 5.41) is 5.92. The second-order valence-corrected chi connectivity index (χ2v) is 4.89. The van der Waals surface area contributed by atoms with E-state index in [0.29, 0.717) is 0 Å². The first-order valence-corrected chi connectivity index (χ1v) is 5.91. The second kappa shape index (κ2) is 3.86. The van der Waals surface area contributed by atoms with Crippen LogP contribution in [-0.2, 0) is 0 Å². The maximum absolute atomic E-state index is 4.00. The Morgan fingerprint density at radius 1 is 1.08 bits per heavy atom. The predicted molar refractivity (Wildman–Crippen MR) is 60.7 cm³/mol. The van der Waals surface area contributed by atoms with Gasteiger partial charge in [0.2, 0.25) is 0 Å². The summed E-state index contributed by atoms with van der Waals surface area (Å²) < 4.78 is 5.88. The molecule has 0 unspecified atom stereocenters. The van der Waals surface area contributed by atoms with E-state index in [0.717, 1.165) is 20.2 Å². The molecule has 0 N–H and O–H groups in total. The molecule has 0 aliphatic heterocycles. The molecule has 0 fully saturated rings. The first-order chi connectivity index (χ1) is 6.25. The van der Waals surface area contributed by atoms with Gasteiger partial charge in [0, 0.05) is 19.9 Å². The molecule has 2 nitrogen and oxygen atoms in total. The van der Waals surface area contributed by atoms with Crippen LogP contribution in [0.15, 0.2) is 32.5 Å². The number of rotatable bonds is 1. The molecular weight excluding hydrogens is 316 g/mol. The molecule has 1 aromatic carbocycles. The molecule has 0 saturated carbocycles. The van der Waals surface area contributed by atoms with E-state index in [1.165, 1.54) is 11.5 Å². The lowest BCUT2D eigenvalue weighted by atomic mass is 10.2. The predicted octanol–water partition coefficient (Wildman–Crippen LogP) is 3.73. The highest BCUT2D eigenvalue weighted by Crippen LogP contribution is 2.26. The quantitative estimate of drug-likeness (QED) is 0.800. The van der Waals surface area contributed by atoms with Crippen molar-refractivity contribution in [1.29, 1.82) is 0 Å². The highest BCUT2D eigenvalue weighted by molar-refractivity contribution is 9.11. The highest BCUT2D eigenvalue weighted by atomic mass is 79.9. The van der Waals surface area contributed by atoms with Crippen LogP contribution in [0.2, 0.25) is 0 Å². The van der Waals surface area contributed by atoms with E-state index in [1.54, 1.807) is 0 Å². The van der Waals surface area contributed by atoms with E-state index in [4.69, 9.17) is 0 Å². The van der Waals surface area contributed by atoms with Crippen LogP contribution in [0, 0.1) is 0 Å². The SMILES string of the molecule is Brc1cc(Br)cc(-c2csnn2)c1. The van der Waals surface area contributed by atoms with E-state index in [2.05, 4.69) is 41.4 Å². The molecule has 1 aromatic heterocycles. The van der Waals surface area contributed by atoms with Crippen molar-refractivity contribution < 1.29 is 0 Å². The molecule has 13 heavy (non-hydrogen) atoms. The van der Waals surface area contributed by atoms with Crippen LogP contribution >= 0.6 is 43.4 Å². The topological polar surface area (TPSA) is 25.8 Å². The van der Waals surface area contributed by atoms with Crippen LogP contribution in [0.25, 0.3) is 11.3 Å². The van der Waals surface area contributed by atoms with Crippen molar-refractivity contribution in [2.45, 2.75) is 0 Å². The fraction of sp³-hybridized carbons (Fsp3) is 0. The summed E-state index contributed by atoms with van der Waals surface area (Å²) in [5.41, 5.74) is 1.97. The lowest BCUT2D eigenvalue weighted by molar-refractivity contribution is 1.16. The molecule has 1 heterocycles. The minimum atomic E-state index is 0.909. The fourth-order valence-electron chi connectivity index (χ4n) is 0.992. The summed E-state index contributed by atoms with van der Waals surface area (Å²) in [6, 6.07) is 6.02. The Balaban J connectivity index is 2.53. The highest BCUT2D eigenvalue weighted by Gasteiger charge is 2.02. The van der Waals surface area contributed by atoms with Gasteiger partial charge in [0.05, 0.1) is 0 Å². The number of hydrogen-bond acceptors (Lipinski definition) is 3. The van der Waals surface area contributed by atoms with Crippen molar-refractivity contribution in [3.8, 4) is 11.3 Å². The van der Waals surface area contributed by atoms with Crippen LogP contribution in [0.4, 0.5) is 0 Å². The first kappa shape index (κ1) is 9.30. The molecule has 0 atom stereocenters. The minimum absolute atomic E-state index is 0.909. The van der Waals surface area contributed by atoms with Crippen molar-refractivity contribution in [1.82, 2.24) is 9.59 Å². The fourth-order valence-corrected chi connectivity index (χ4v) is 2.75. The van der Waals surface area contributed by atoms with Crippen LogP contribution in [0.1, 0.15) is 0 Å². The van der Waals surface area contributed by atoms with Gasteiger partial charge in [-0.25, -0.2) is 0 Å². The average Bonchev–Trinajstić information content (AvgIpc) is 2.53. The van der Waals surface area contributed by atoms with Gasteiger partial charge in [-0.15, -0.1) is 5.10 Å². The van der Waals surface area contributed by atoms with Crippen molar-refractivity contribution in [2.75, 3.05) is 0 Å². The number of benzene rings is 1. The van der Waals surface area contributed by atoms with E-state index < -0.39 is 0 Å². The maximum atomic E-state index is 4.00. The number of nitrogens with zero attached hydrogens (tertiary/aromatic N) is 2. The van der Waals surface area contributed by atoms with Crippen LogP contribution < -0.4 is 0 Å². The van der Waals surface area contributed by atoms with Crippen LogP contribution in [0.3, 0.4) is 0 Å². The molecule has 0 radical (unpaired) electrons. The lowest BCUT2D eigenvalue weighted by Crippen LogP contribution is -1.78. The molecule has 5 heteroatoms. The lowest BCUT2D eigenvalue weighted by Gasteiger charge is -1.98. The van der Waals surface area contributed by atoms with Gasteiger partial charge in [-0.2, -0.15) is 0 Å². The van der Waals surface area contributed by atoms with Crippen LogP contribution in [-0.4, -0.2) is 9.59 Å². The van der Waals surface area contributed by atoms with Crippen molar-refractivity contribution in [2.24, 2.45) is 0 Å². The second-order valence-electron chi connectivity index (χ2n) is 2.45. The monoisotopic (exact) mass is 318 g/mol. The van der Waals surface area contributed by atoms with E-state index in [1.807, 2.05) is 23.6 Å². The summed E-state index contributed by atoms with van der Waals surface area (Å²) in [6.45, 7) is 0. The van der Waals surface area contributed by atoms with Gasteiger partial charge >= 0.3 is 0 Å². The van der Waals surface area contributed by atoms with Gasteiger partial charge in [-0.1, -0.05) is 36.3 Å². The normalized spacial score (nSPS) is 10.3. The summed E-state index contributed by atoms with van der Waals surface area (Å²) in [4.78, 5) is 0. The molecule has 0 amide bonds. The molecule has 2 aromatic rings. The first-order valence-electron chi connectivity index (χ1n) is 3.49. The molecule has 66 valence electrons. The molecule has 0 aliphatic rings. The third-order valence-electron chi connectivity index (χ3n) is 1.52. The number of aromatic nitrogens is 2. The molecule has 0 saturated heterocycles. The third kappa shape index (κ3) is 2.15. The largest absolute Gasteiger partial charge is 0.138 e. The summed E-state index contributed by atoms with van der Waals surface area (Å²) in [5.74, 6) is 0. The van der Waals surface area contributed by atoms with E-state index >= 15 is 0 Å². The summed E-state index contributed by atoms with van der Waals surface area (Å²) in [7, 11) is 0. The van der Waals surface area contributed by atoms with Crippen molar-refractivity contribution in [3.05, 3.63) is 32.5 Å². The van der Waals surface area contributed by atoms with E-state index in [9.17, 15) is 0 Å². The molecule has 0 aliphatic carbocycles. The Bertz CT molecular complexity index is 394. The summed E-state index contributed by atoms with van der Waals surface area (Å²) >= 11 is 8.20. The Morgan fingerprint density at radius 3 is 2.31 bits per heavy atom. The smallest absolute Gasteiger partial charge is 0.105 e. The van der Waals surface area contributed by atoms with Crippen molar-refractivity contribution >= 4 is 43.4 Å². The average molecular weight is 320 g/mol. The van der Waals surface area contributed by atoms with Gasteiger partial charge in [-0.05, 0) is 29.7 Å². The number of hydrogen-bond donors (Lipinski definition) is 0. The van der Waals surface area contributed by atoms with Gasteiger partial charge in [0.25, 0.3) is 0 Å². The zero-order valence-corrected chi connectivity index (χ0v) is 10.4. The molecule has 0 bridgehead atoms. The minimum Gasteiger partial charge on any atom is -0.138 e. The Morgan fingerprint density at radius 2 is 1.77 bits per heavy atom. The van der Waals surface area contributed by atoms with E-state index in [-0.39, 0.29) is 0 Å². The Labute approximate surface area is 96.4 Å². The molecule has 0 spiro atoms.